The van der Waals surface area contributed by atoms with Gasteiger partial charge in [0, 0.05) is 25.8 Å². The minimum absolute atomic E-state index is 0.0672. The zero-order chi connectivity index (χ0) is 20.2. The first kappa shape index (κ1) is 21.2. The van der Waals surface area contributed by atoms with Crippen LogP contribution in [0.5, 0.6) is 5.75 Å². The second kappa shape index (κ2) is 11.6. The lowest BCUT2D eigenvalue weighted by Gasteiger charge is -2.13. The van der Waals surface area contributed by atoms with Gasteiger partial charge in [0.25, 0.3) is 5.69 Å². The molecule has 8 heteroatoms. The van der Waals surface area contributed by atoms with E-state index in [1.54, 1.807) is 19.2 Å². The van der Waals surface area contributed by atoms with Crippen molar-refractivity contribution in [3.8, 4) is 5.75 Å². The quantitative estimate of drug-likeness (QED) is 0.214. The fourth-order valence-corrected chi connectivity index (χ4v) is 2.31. The summed E-state index contributed by atoms with van der Waals surface area (Å²) in [4.78, 5) is 14.8. The highest BCUT2D eigenvalue weighted by atomic mass is 16.6. The minimum Gasteiger partial charge on any atom is -0.492 e. The van der Waals surface area contributed by atoms with Crippen LogP contribution >= 0.6 is 0 Å². The maximum Gasteiger partial charge on any atom is 0.269 e. The highest BCUT2D eigenvalue weighted by molar-refractivity contribution is 5.79. The molecule has 0 heterocycles. The largest absolute Gasteiger partial charge is 0.492 e. The van der Waals surface area contributed by atoms with E-state index in [-0.39, 0.29) is 5.69 Å². The summed E-state index contributed by atoms with van der Waals surface area (Å²) in [5.41, 5.74) is 2.14. The van der Waals surface area contributed by atoms with Crippen LogP contribution in [-0.4, -0.2) is 44.3 Å². The molecular weight excluding hydrogens is 360 g/mol. The zero-order valence-corrected chi connectivity index (χ0v) is 16.2. The first-order valence-corrected chi connectivity index (χ1v) is 9.02. The van der Waals surface area contributed by atoms with Crippen molar-refractivity contribution in [2.45, 2.75) is 13.5 Å². The molecule has 0 fully saturated rings. The molecule has 0 atom stereocenters. The first-order chi connectivity index (χ1) is 13.6. The third-order valence-electron chi connectivity index (χ3n) is 3.85. The molecule has 0 aliphatic rings. The number of hydrogen-bond donors (Lipinski definition) is 2. The predicted molar refractivity (Wildman–Crippen MR) is 109 cm³/mol. The molecule has 0 aliphatic heterocycles. The number of methoxy groups -OCH3 is 1. The van der Waals surface area contributed by atoms with Gasteiger partial charge in [-0.2, -0.15) is 0 Å². The van der Waals surface area contributed by atoms with Gasteiger partial charge < -0.3 is 20.1 Å². The van der Waals surface area contributed by atoms with E-state index in [9.17, 15) is 10.1 Å². The number of non-ortho nitro benzene ring substituents is 1. The molecule has 8 nitrogen and oxygen atoms in total. The summed E-state index contributed by atoms with van der Waals surface area (Å²) in [6, 6.07) is 14.3. The molecule has 0 saturated carbocycles. The Morgan fingerprint density at radius 2 is 1.68 bits per heavy atom. The average molecular weight is 386 g/mol. The maximum absolute atomic E-state index is 10.7. The van der Waals surface area contributed by atoms with Gasteiger partial charge in [-0.05, 0) is 24.6 Å². The fourth-order valence-electron chi connectivity index (χ4n) is 2.31. The Balaban J connectivity index is 1.85. The van der Waals surface area contributed by atoms with E-state index in [0.717, 1.165) is 11.3 Å². The van der Waals surface area contributed by atoms with Gasteiger partial charge in [0.1, 0.15) is 12.4 Å². The van der Waals surface area contributed by atoms with E-state index in [1.807, 2.05) is 31.2 Å². The summed E-state index contributed by atoms with van der Waals surface area (Å²) < 4.78 is 10.8. The van der Waals surface area contributed by atoms with Crippen LogP contribution in [0, 0.1) is 17.0 Å². The van der Waals surface area contributed by atoms with Gasteiger partial charge in [-0.15, -0.1) is 0 Å². The van der Waals surface area contributed by atoms with Crippen molar-refractivity contribution in [3.63, 3.8) is 0 Å². The molecule has 0 aliphatic carbocycles. The highest BCUT2D eigenvalue weighted by Crippen LogP contribution is 2.12. The first-order valence-electron chi connectivity index (χ1n) is 9.02. The molecule has 150 valence electrons. The summed E-state index contributed by atoms with van der Waals surface area (Å²) in [5, 5.41) is 17.1. The van der Waals surface area contributed by atoms with Crippen LogP contribution in [0.1, 0.15) is 11.1 Å². The summed E-state index contributed by atoms with van der Waals surface area (Å²) in [5.74, 6) is 1.45. The standard InChI is InChI=1S/C20H26N4O4/c1-16-3-9-19(10-4-16)28-14-12-22-20(21-11-13-27-2)23-15-17-5-7-18(8-6-17)24(25)26/h3-10H,11-15H2,1-2H3,(H2,21,22,23). The number of aliphatic imine (C=N–C) groups is 1. The Bertz CT molecular complexity index is 761. The normalized spacial score (nSPS) is 11.1. The van der Waals surface area contributed by atoms with Crippen molar-refractivity contribution in [1.29, 1.82) is 0 Å². The number of nitro benzene ring substituents is 1. The summed E-state index contributed by atoms with van der Waals surface area (Å²) in [6.45, 7) is 4.67. The van der Waals surface area contributed by atoms with Crippen LogP contribution < -0.4 is 15.4 Å². The number of nitrogens with zero attached hydrogens (tertiary/aromatic N) is 2. The van der Waals surface area contributed by atoms with E-state index in [2.05, 4.69) is 15.6 Å². The van der Waals surface area contributed by atoms with Gasteiger partial charge in [0.15, 0.2) is 5.96 Å². The molecule has 2 rings (SSSR count). The number of hydrogen-bond acceptors (Lipinski definition) is 5. The number of rotatable bonds is 10. The molecule has 0 aromatic heterocycles. The van der Waals surface area contributed by atoms with Crippen molar-refractivity contribution in [2.75, 3.05) is 33.4 Å². The van der Waals surface area contributed by atoms with Crippen LogP contribution in [0.4, 0.5) is 5.69 Å². The predicted octanol–water partition coefficient (Wildman–Crippen LogP) is 2.66. The van der Waals surface area contributed by atoms with Crippen LogP contribution in [0.25, 0.3) is 0 Å². The van der Waals surface area contributed by atoms with Crippen LogP contribution in [-0.2, 0) is 11.3 Å². The number of aryl methyl sites for hydroxylation is 1. The highest BCUT2D eigenvalue weighted by Gasteiger charge is 2.04. The maximum atomic E-state index is 10.7. The van der Waals surface area contributed by atoms with Gasteiger partial charge in [-0.1, -0.05) is 29.8 Å². The number of nitrogens with one attached hydrogen (secondary N) is 2. The van der Waals surface area contributed by atoms with Gasteiger partial charge in [-0.25, -0.2) is 4.99 Å². The molecule has 0 unspecified atom stereocenters. The molecule has 0 radical (unpaired) electrons. The average Bonchev–Trinajstić information content (AvgIpc) is 2.70. The van der Waals surface area contributed by atoms with E-state index in [0.29, 0.717) is 38.8 Å². The number of ether oxygens (including phenoxy) is 2. The Morgan fingerprint density at radius 1 is 1.04 bits per heavy atom. The van der Waals surface area contributed by atoms with Crippen LogP contribution in [0.15, 0.2) is 53.5 Å². The lowest BCUT2D eigenvalue weighted by Crippen LogP contribution is -2.40. The monoisotopic (exact) mass is 386 g/mol. The third-order valence-corrected chi connectivity index (χ3v) is 3.85. The van der Waals surface area contributed by atoms with Crippen LogP contribution in [0.3, 0.4) is 0 Å². The van der Waals surface area contributed by atoms with E-state index in [4.69, 9.17) is 9.47 Å². The second-order valence-corrected chi connectivity index (χ2v) is 6.10. The second-order valence-electron chi connectivity index (χ2n) is 6.10. The lowest BCUT2D eigenvalue weighted by molar-refractivity contribution is -0.384. The fraction of sp³-hybridized carbons (Fsp3) is 0.350. The molecule has 0 amide bonds. The molecule has 2 aromatic rings. The zero-order valence-electron chi connectivity index (χ0n) is 16.2. The number of benzene rings is 2. The number of nitro groups is 1. The van der Waals surface area contributed by atoms with Crippen molar-refractivity contribution < 1.29 is 14.4 Å². The Hall–Kier alpha value is -3.13. The van der Waals surface area contributed by atoms with Gasteiger partial charge in [0.05, 0.1) is 24.6 Å². The molecule has 0 bridgehead atoms. The smallest absolute Gasteiger partial charge is 0.269 e. The Morgan fingerprint density at radius 3 is 2.29 bits per heavy atom. The van der Waals surface area contributed by atoms with E-state index in [1.165, 1.54) is 17.7 Å². The lowest BCUT2D eigenvalue weighted by atomic mass is 10.2. The van der Waals surface area contributed by atoms with Gasteiger partial charge in [-0.3, -0.25) is 10.1 Å². The van der Waals surface area contributed by atoms with Crippen molar-refractivity contribution >= 4 is 11.6 Å². The third kappa shape index (κ3) is 7.63. The number of guanidine groups is 1. The molecule has 2 aromatic carbocycles. The summed E-state index contributed by atoms with van der Waals surface area (Å²) >= 11 is 0. The van der Waals surface area contributed by atoms with Crippen LogP contribution in [0.2, 0.25) is 0 Å². The molecule has 0 saturated heterocycles. The Kier molecular flexibility index (Phi) is 8.74. The molecule has 0 spiro atoms. The van der Waals surface area contributed by atoms with Gasteiger partial charge in [0.2, 0.25) is 0 Å². The van der Waals surface area contributed by atoms with Crippen molar-refractivity contribution in [3.05, 3.63) is 69.8 Å². The van der Waals surface area contributed by atoms with E-state index >= 15 is 0 Å². The molecular formula is C20H26N4O4. The van der Waals surface area contributed by atoms with Crippen molar-refractivity contribution in [2.24, 2.45) is 4.99 Å². The van der Waals surface area contributed by atoms with Gasteiger partial charge >= 0.3 is 0 Å². The molecule has 2 N–H and O–H groups in total. The topological polar surface area (TPSA) is 98.0 Å². The Labute approximate surface area is 164 Å². The molecule has 28 heavy (non-hydrogen) atoms. The summed E-state index contributed by atoms with van der Waals surface area (Å²) in [6.07, 6.45) is 0. The SMILES string of the molecule is COCCNC(=NCc1ccc([N+](=O)[O-])cc1)NCCOc1ccc(C)cc1. The summed E-state index contributed by atoms with van der Waals surface area (Å²) in [7, 11) is 1.64. The minimum atomic E-state index is -0.416. The van der Waals surface area contributed by atoms with Crippen molar-refractivity contribution in [1.82, 2.24) is 10.6 Å². The van der Waals surface area contributed by atoms with E-state index < -0.39 is 4.92 Å².